The Morgan fingerprint density at radius 2 is 2.05 bits per heavy atom. The van der Waals surface area contributed by atoms with Gasteiger partial charge < -0.3 is 0 Å². The number of nitrogens with one attached hydrogen (secondary N) is 1. The minimum absolute atomic E-state index is 0.204. The summed E-state index contributed by atoms with van der Waals surface area (Å²) in [5.74, 6) is -0.204. The van der Waals surface area contributed by atoms with Crippen LogP contribution in [0.3, 0.4) is 0 Å². The van der Waals surface area contributed by atoms with Crippen LogP contribution >= 0.6 is 22.9 Å². The number of anilines is 1. The molecule has 0 saturated carbocycles. The Bertz CT molecular complexity index is 797. The van der Waals surface area contributed by atoms with Gasteiger partial charge in [-0.2, -0.15) is 0 Å². The second-order valence-corrected chi connectivity index (χ2v) is 5.87. The van der Waals surface area contributed by atoms with Crippen LogP contribution < -0.4 is 5.32 Å². The number of halogens is 1. The second-order valence-electron chi connectivity index (χ2n) is 4.41. The highest BCUT2D eigenvalue weighted by Crippen LogP contribution is 2.28. The lowest BCUT2D eigenvalue weighted by Gasteiger charge is -2.01. The van der Waals surface area contributed by atoms with E-state index in [9.17, 15) is 4.79 Å². The van der Waals surface area contributed by atoms with Crippen molar-refractivity contribution in [3.05, 3.63) is 58.6 Å². The van der Waals surface area contributed by atoms with Crippen LogP contribution in [0, 0.1) is 6.92 Å². The molecule has 3 aromatic rings. The van der Waals surface area contributed by atoms with E-state index in [0.717, 1.165) is 15.8 Å². The van der Waals surface area contributed by atoms with Gasteiger partial charge in [0, 0.05) is 10.6 Å². The van der Waals surface area contributed by atoms with Gasteiger partial charge >= 0.3 is 0 Å². The van der Waals surface area contributed by atoms with E-state index in [2.05, 4.69) is 10.3 Å². The molecule has 0 aliphatic rings. The fourth-order valence-corrected chi connectivity index (χ4v) is 3.07. The number of para-hydroxylation sites is 1. The number of rotatable bonds is 2. The number of thiazole rings is 1. The van der Waals surface area contributed by atoms with Crippen LogP contribution in [0.2, 0.25) is 5.02 Å². The molecule has 20 heavy (non-hydrogen) atoms. The highest BCUT2D eigenvalue weighted by Gasteiger charge is 2.10. The molecule has 0 unspecified atom stereocenters. The fraction of sp³-hybridized carbons (Fsp3) is 0.0667. The summed E-state index contributed by atoms with van der Waals surface area (Å²) in [6.45, 7) is 2.00. The predicted octanol–water partition coefficient (Wildman–Crippen LogP) is 4.51. The zero-order valence-electron chi connectivity index (χ0n) is 10.7. The van der Waals surface area contributed by atoms with E-state index < -0.39 is 0 Å². The molecule has 0 bridgehead atoms. The monoisotopic (exact) mass is 302 g/mol. The van der Waals surface area contributed by atoms with Gasteiger partial charge in [-0.25, -0.2) is 4.98 Å². The van der Waals surface area contributed by atoms with Crippen LogP contribution in [0.15, 0.2) is 42.5 Å². The molecule has 3 nitrogen and oxygen atoms in total. The van der Waals surface area contributed by atoms with Gasteiger partial charge in [-0.3, -0.25) is 10.1 Å². The molecular weight excluding hydrogens is 292 g/mol. The van der Waals surface area contributed by atoms with Gasteiger partial charge in [0.15, 0.2) is 5.13 Å². The lowest BCUT2D eigenvalue weighted by molar-refractivity contribution is 0.102. The van der Waals surface area contributed by atoms with Gasteiger partial charge in [0.05, 0.1) is 10.2 Å². The highest BCUT2D eigenvalue weighted by molar-refractivity contribution is 7.22. The average molecular weight is 303 g/mol. The number of benzene rings is 2. The first kappa shape index (κ1) is 13.1. The number of carbonyl (C=O) groups excluding carboxylic acids is 1. The smallest absolute Gasteiger partial charge is 0.257 e. The number of hydrogen-bond acceptors (Lipinski definition) is 3. The molecule has 100 valence electrons. The second kappa shape index (κ2) is 5.23. The Morgan fingerprint density at radius 1 is 1.25 bits per heavy atom. The molecule has 0 spiro atoms. The summed E-state index contributed by atoms with van der Waals surface area (Å²) in [6, 6.07) is 12.8. The van der Waals surface area contributed by atoms with Crippen molar-refractivity contribution in [2.45, 2.75) is 6.92 Å². The Labute approximate surface area is 125 Å². The molecule has 0 saturated heterocycles. The van der Waals surface area contributed by atoms with Gasteiger partial charge in [0.25, 0.3) is 5.91 Å². The molecule has 0 atom stereocenters. The number of fused-ring (bicyclic) bond motifs is 1. The van der Waals surface area contributed by atoms with Crippen LogP contribution in [0.1, 0.15) is 15.9 Å². The van der Waals surface area contributed by atoms with Crippen molar-refractivity contribution >= 4 is 44.2 Å². The first-order chi connectivity index (χ1) is 9.63. The van der Waals surface area contributed by atoms with E-state index in [1.54, 1.807) is 24.3 Å². The van der Waals surface area contributed by atoms with E-state index in [1.807, 2.05) is 25.1 Å². The molecule has 1 heterocycles. The van der Waals surface area contributed by atoms with E-state index in [1.165, 1.54) is 11.3 Å². The quantitative estimate of drug-likeness (QED) is 0.756. The van der Waals surface area contributed by atoms with E-state index in [0.29, 0.717) is 15.7 Å². The van der Waals surface area contributed by atoms with Crippen LogP contribution in [-0.4, -0.2) is 10.9 Å². The lowest BCUT2D eigenvalue weighted by Crippen LogP contribution is -2.11. The van der Waals surface area contributed by atoms with Crippen molar-refractivity contribution in [2.75, 3.05) is 5.32 Å². The molecule has 0 aliphatic carbocycles. The molecule has 1 N–H and O–H groups in total. The maximum atomic E-state index is 12.1. The lowest BCUT2D eigenvalue weighted by atomic mass is 10.2. The summed E-state index contributed by atoms with van der Waals surface area (Å²) in [4.78, 5) is 16.6. The fourth-order valence-electron chi connectivity index (χ4n) is 1.94. The normalized spacial score (nSPS) is 10.7. The van der Waals surface area contributed by atoms with E-state index in [-0.39, 0.29) is 5.91 Å². The number of aromatic nitrogens is 1. The highest BCUT2D eigenvalue weighted by atomic mass is 35.5. The summed E-state index contributed by atoms with van der Waals surface area (Å²) in [6.07, 6.45) is 0. The number of amides is 1. The first-order valence-corrected chi connectivity index (χ1v) is 7.26. The molecule has 0 aliphatic heterocycles. The molecular formula is C15H11ClN2OS. The summed E-state index contributed by atoms with van der Waals surface area (Å²) < 4.78 is 1.06. The van der Waals surface area contributed by atoms with Gasteiger partial charge in [0.1, 0.15) is 0 Å². The summed E-state index contributed by atoms with van der Waals surface area (Å²) >= 11 is 7.35. The van der Waals surface area contributed by atoms with E-state index in [4.69, 9.17) is 11.6 Å². The number of nitrogens with zero attached hydrogens (tertiary/aromatic N) is 1. The largest absolute Gasteiger partial charge is 0.298 e. The number of aryl methyl sites for hydroxylation is 1. The van der Waals surface area contributed by atoms with Crippen LogP contribution in [0.4, 0.5) is 5.13 Å². The molecule has 2 aromatic carbocycles. The van der Waals surface area contributed by atoms with Gasteiger partial charge in [-0.05, 0) is 36.8 Å². The Kier molecular flexibility index (Phi) is 3.42. The minimum Gasteiger partial charge on any atom is -0.298 e. The Morgan fingerprint density at radius 3 is 2.80 bits per heavy atom. The van der Waals surface area contributed by atoms with Crippen molar-refractivity contribution in [2.24, 2.45) is 0 Å². The summed E-state index contributed by atoms with van der Waals surface area (Å²) in [5.41, 5.74) is 2.55. The molecule has 3 rings (SSSR count). The SMILES string of the molecule is Cc1cccc2sc(NC(=O)c3cccc(Cl)c3)nc12. The number of hydrogen-bond donors (Lipinski definition) is 1. The third-order valence-corrected chi connectivity index (χ3v) is 4.10. The topological polar surface area (TPSA) is 42.0 Å². The van der Waals surface area contributed by atoms with Crippen LogP contribution in [-0.2, 0) is 0 Å². The maximum Gasteiger partial charge on any atom is 0.257 e. The standard InChI is InChI=1S/C15H11ClN2OS/c1-9-4-2-7-12-13(9)17-15(20-12)18-14(19)10-5-3-6-11(16)8-10/h2-8H,1H3,(H,17,18,19). The van der Waals surface area contributed by atoms with Crippen molar-refractivity contribution in [3.63, 3.8) is 0 Å². The average Bonchev–Trinajstić information content (AvgIpc) is 2.83. The third kappa shape index (κ3) is 2.53. The number of carbonyl (C=O) groups is 1. The molecule has 0 radical (unpaired) electrons. The van der Waals surface area contributed by atoms with Crippen molar-refractivity contribution in [1.29, 1.82) is 0 Å². The Hall–Kier alpha value is -1.91. The van der Waals surface area contributed by atoms with Crippen molar-refractivity contribution in [3.8, 4) is 0 Å². The molecule has 5 heteroatoms. The summed E-state index contributed by atoms with van der Waals surface area (Å²) in [7, 11) is 0. The van der Waals surface area contributed by atoms with Crippen molar-refractivity contribution in [1.82, 2.24) is 4.98 Å². The van der Waals surface area contributed by atoms with Crippen LogP contribution in [0.25, 0.3) is 10.2 Å². The van der Waals surface area contributed by atoms with E-state index >= 15 is 0 Å². The molecule has 0 fully saturated rings. The molecule has 1 aromatic heterocycles. The maximum absolute atomic E-state index is 12.1. The van der Waals surface area contributed by atoms with Gasteiger partial charge in [0.2, 0.25) is 0 Å². The van der Waals surface area contributed by atoms with Crippen LogP contribution in [0.5, 0.6) is 0 Å². The molecule has 1 amide bonds. The van der Waals surface area contributed by atoms with Crippen molar-refractivity contribution < 1.29 is 4.79 Å². The van der Waals surface area contributed by atoms with Gasteiger partial charge in [-0.15, -0.1) is 0 Å². The zero-order valence-corrected chi connectivity index (χ0v) is 12.3. The Balaban J connectivity index is 1.89. The van der Waals surface area contributed by atoms with Gasteiger partial charge in [-0.1, -0.05) is 41.1 Å². The predicted molar refractivity (Wildman–Crippen MR) is 83.8 cm³/mol. The first-order valence-electron chi connectivity index (χ1n) is 6.06. The summed E-state index contributed by atoms with van der Waals surface area (Å²) in [5, 5.41) is 3.95. The minimum atomic E-state index is -0.204. The third-order valence-electron chi connectivity index (χ3n) is 2.93. The zero-order chi connectivity index (χ0) is 14.1.